The lowest BCUT2D eigenvalue weighted by Crippen LogP contribution is -2.37. The summed E-state index contributed by atoms with van der Waals surface area (Å²) in [5, 5.41) is 3.05. The molecular formula is C18H21ClN2O4S. The highest BCUT2D eigenvalue weighted by Crippen LogP contribution is 2.15. The van der Waals surface area contributed by atoms with E-state index in [4.69, 9.17) is 16.3 Å². The predicted octanol–water partition coefficient (Wildman–Crippen LogP) is 2.54. The van der Waals surface area contributed by atoms with Crippen LogP contribution in [0.15, 0.2) is 48.5 Å². The molecule has 1 N–H and O–H groups in total. The molecule has 0 saturated carbocycles. The van der Waals surface area contributed by atoms with Crippen LogP contribution in [-0.4, -0.2) is 45.1 Å². The second-order valence-corrected chi connectivity index (χ2v) is 8.07. The molecule has 0 saturated heterocycles. The van der Waals surface area contributed by atoms with E-state index in [1.165, 1.54) is 4.31 Å². The molecule has 0 fully saturated rings. The molecule has 140 valence electrons. The van der Waals surface area contributed by atoms with Crippen molar-refractivity contribution >= 4 is 27.5 Å². The van der Waals surface area contributed by atoms with E-state index in [1.807, 2.05) is 0 Å². The van der Waals surface area contributed by atoms with Crippen LogP contribution in [0.4, 0.5) is 0 Å². The number of carbonyl (C=O) groups is 1. The van der Waals surface area contributed by atoms with Crippen LogP contribution in [0, 0.1) is 0 Å². The summed E-state index contributed by atoms with van der Waals surface area (Å²) in [7, 11) is -1.86. The Hall–Kier alpha value is -2.09. The van der Waals surface area contributed by atoms with E-state index < -0.39 is 10.0 Å². The van der Waals surface area contributed by atoms with E-state index in [9.17, 15) is 13.2 Å². The van der Waals surface area contributed by atoms with E-state index >= 15 is 0 Å². The minimum atomic E-state index is -3.42. The molecule has 0 radical (unpaired) electrons. The average Bonchev–Trinajstić information content (AvgIpc) is 2.61. The number of sulfonamides is 1. The van der Waals surface area contributed by atoms with Gasteiger partial charge in [-0.15, -0.1) is 0 Å². The monoisotopic (exact) mass is 396 g/mol. The molecule has 0 heterocycles. The van der Waals surface area contributed by atoms with E-state index in [2.05, 4.69) is 5.32 Å². The smallest absolute Gasteiger partial charge is 0.252 e. The summed E-state index contributed by atoms with van der Waals surface area (Å²) in [4.78, 5) is 12.1. The molecule has 6 nitrogen and oxygen atoms in total. The number of halogens is 1. The van der Waals surface area contributed by atoms with Gasteiger partial charge in [0.25, 0.3) is 5.91 Å². The minimum absolute atomic E-state index is 0.154. The largest absolute Gasteiger partial charge is 0.497 e. The first kappa shape index (κ1) is 20.2. The third kappa shape index (κ3) is 5.72. The number of hydrogen-bond donors (Lipinski definition) is 1. The van der Waals surface area contributed by atoms with Gasteiger partial charge in [0.15, 0.2) is 0 Å². The highest BCUT2D eigenvalue weighted by Gasteiger charge is 2.18. The Balaban J connectivity index is 1.98. The fourth-order valence-corrected chi connectivity index (χ4v) is 3.36. The van der Waals surface area contributed by atoms with E-state index in [0.717, 1.165) is 11.8 Å². The molecule has 1 amide bonds. The molecule has 8 heteroatoms. The van der Waals surface area contributed by atoms with Crippen molar-refractivity contribution in [2.24, 2.45) is 0 Å². The van der Waals surface area contributed by atoms with Crippen LogP contribution in [0.2, 0.25) is 5.02 Å². The van der Waals surface area contributed by atoms with Crippen molar-refractivity contribution in [2.45, 2.75) is 6.54 Å². The van der Waals surface area contributed by atoms with Gasteiger partial charge in [-0.05, 0) is 29.8 Å². The third-order valence-corrected chi connectivity index (χ3v) is 5.33. The van der Waals surface area contributed by atoms with Crippen LogP contribution in [0.5, 0.6) is 5.75 Å². The van der Waals surface area contributed by atoms with Crippen LogP contribution in [0.25, 0.3) is 0 Å². The van der Waals surface area contributed by atoms with Gasteiger partial charge in [0.1, 0.15) is 5.75 Å². The van der Waals surface area contributed by atoms with Gasteiger partial charge in [-0.1, -0.05) is 35.9 Å². The highest BCUT2D eigenvalue weighted by molar-refractivity contribution is 7.88. The number of ether oxygens (including phenoxy) is 1. The predicted molar refractivity (Wildman–Crippen MR) is 102 cm³/mol. The standard InChI is InChI=1S/C18H21ClN2O4S/c1-25-15-9-7-14(8-10-15)13-21(26(2,23)24)12-11-20-18(22)16-5-3-4-6-17(16)19/h3-10H,11-13H2,1-2H3,(H,20,22). The Morgan fingerprint density at radius 3 is 2.38 bits per heavy atom. The molecule has 0 bridgehead atoms. The zero-order chi connectivity index (χ0) is 19.2. The topological polar surface area (TPSA) is 75.7 Å². The number of hydrogen-bond acceptors (Lipinski definition) is 4. The first-order chi connectivity index (χ1) is 12.3. The zero-order valence-corrected chi connectivity index (χ0v) is 16.2. The van der Waals surface area contributed by atoms with Gasteiger partial charge < -0.3 is 10.1 Å². The second-order valence-electron chi connectivity index (χ2n) is 5.68. The Kier molecular flexibility index (Phi) is 7.02. The van der Waals surface area contributed by atoms with Crippen molar-refractivity contribution in [3.05, 3.63) is 64.7 Å². The molecule has 2 rings (SSSR count). The van der Waals surface area contributed by atoms with Gasteiger partial charge in [-0.25, -0.2) is 8.42 Å². The summed E-state index contributed by atoms with van der Waals surface area (Å²) in [6.45, 7) is 0.541. The van der Waals surface area contributed by atoms with Crippen molar-refractivity contribution in [1.29, 1.82) is 0 Å². The molecule has 0 atom stereocenters. The highest BCUT2D eigenvalue weighted by atomic mass is 35.5. The van der Waals surface area contributed by atoms with Crippen LogP contribution in [0.1, 0.15) is 15.9 Å². The number of nitrogens with zero attached hydrogens (tertiary/aromatic N) is 1. The second kappa shape index (κ2) is 9.02. The third-order valence-electron chi connectivity index (χ3n) is 3.75. The molecule has 2 aromatic carbocycles. The molecule has 0 aliphatic carbocycles. The fraction of sp³-hybridized carbons (Fsp3) is 0.278. The molecule has 26 heavy (non-hydrogen) atoms. The summed E-state index contributed by atoms with van der Waals surface area (Å²) >= 11 is 5.99. The molecule has 0 aliphatic rings. The Labute approximate surface area is 158 Å². The maximum atomic E-state index is 12.1. The van der Waals surface area contributed by atoms with Crippen molar-refractivity contribution in [3.63, 3.8) is 0 Å². The van der Waals surface area contributed by atoms with Crippen molar-refractivity contribution in [3.8, 4) is 5.75 Å². The van der Waals surface area contributed by atoms with Crippen molar-refractivity contribution in [1.82, 2.24) is 9.62 Å². The van der Waals surface area contributed by atoms with E-state index in [1.54, 1.807) is 55.6 Å². The first-order valence-corrected chi connectivity index (χ1v) is 10.1. The number of carbonyl (C=O) groups excluding carboxylic acids is 1. The lowest BCUT2D eigenvalue weighted by atomic mass is 10.2. The average molecular weight is 397 g/mol. The molecular weight excluding hydrogens is 376 g/mol. The van der Waals surface area contributed by atoms with Crippen LogP contribution < -0.4 is 10.1 Å². The van der Waals surface area contributed by atoms with Crippen LogP contribution in [0.3, 0.4) is 0 Å². The molecule has 2 aromatic rings. The van der Waals surface area contributed by atoms with Crippen LogP contribution >= 0.6 is 11.6 Å². The van der Waals surface area contributed by atoms with E-state index in [-0.39, 0.29) is 25.5 Å². The number of amides is 1. The summed E-state index contributed by atoms with van der Waals surface area (Å²) in [6.07, 6.45) is 1.15. The van der Waals surface area contributed by atoms with E-state index in [0.29, 0.717) is 16.3 Å². The van der Waals surface area contributed by atoms with Gasteiger partial charge >= 0.3 is 0 Å². The normalized spacial score (nSPS) is 11.4. The van der Waals surface area contributed by atoms with Crippen molar-refractivity contribution in [2.75, 3.05) is 26.5 Å². The van der Waals surface area contributed by atoms with Crippen LogP contribution in [-0.2, 0) is 16.6 Å². The minimum Gasteiger partial charge on any atom is -0.497 e. The molecule has 0 spiro atoms. The number of nitrogens with one attached hydrogen (secondary N) is 1. The lowest BCUT2D eigenvalue weighted by molar-refractivity contribution is 0.0951. The fourth-order valence-electron chi connectivity index (χ4n) is 2.33. The SMILES string of the molecule is COc1ccc(CN(CCNC(=O)c2ccccc2Cl)S(C)(=O)=O)cc1. The maximum Gasteiger partial charge on any atom is 0.252 e. The van der Waals surface area contributed by atoms with Gasteiger partial charge in [-0.2, -0.15) is 4.31 Å². The molecule has 0 unspecified atom stereocenters. The summed E-state index contributed by atoms with van der Waals surface area (Å²) in [5.41, 5.74) is 1.18. The van der Waals surface area contributed by atoms with Gasteiger partial charge in [0.05, 0.1) is 24.0 Å². The zero-order valence-electron chi connectivity index (χ0n) is 14.6. The van der Waals surface area contributed by atoms with Crippen molar-refractivity contribution < 1.29 is 17.9 Å². The number of benzene rings is 2. The van der Waals surface area contributed by atoms with Gasteiger partial charge in [-0.3, -0.25) is 4.79 Å². The van der Waals surface area contributed by atoms with Gasteiger partial charge in [0.2, 0.25) is 10.0 Å². The quantitative estimate of drug-likeness (QED) is 0.744. The maximum absolute atomic E-state index is 12.1. The molecule has 0 aromatic heterocycles. The summed E-state index contributed by atoms with van der Waals surface area (Å²) in [5.74, 6) is 0.361. The van der Waals surface area contributed by atoms with Gasteiger partial charge in [0, 0.05) is 19.6 Å². The summed E-state index contributed by atoms with van der Waals surface area (Å²) in [6, 6.07) is 13.8. The molecule has 0 aliphatic heterocycles. The Bertz CT molecular complexity index is 854. The summed E-state index contributed by atoms with van der Waals surface area (Å²) < 4.78 is 30.5. The number of methoxy groups -OCH3 is 1. The lowest BCUT2D eigenvalue weighted by Gasteiger charge is -2.20. The first-order valence-electron chi connectivity index (χ1n) is 7.92. The number of rotatable bonds is 8. The Morgan fingerprint density at radius 1 is 1.15 bits per heavy atom. The Morgan fingerprint density at radius 2 is 1.81 bits per heavy atom.